The summed E-state index contributed by atoms with van der Waals surface area (Å²) < 4.78 is 13.4. The molecule has 104 valence electrons. The van der Waals surface area contributed by atoms with Crippen molar-refractivity contribution in [1.82, 2.24) is 14.8 Å². The van der Waals surface area contributed by atoms with Crippen molar-refractivity contribution < 1.29 is 4.21 Å². The zero-order chi connectivity index (χ0) is 15.0. The lowest BCUT2D eigenvalue weighted by Gasteiger charge is -2.06. The van der Waals surface area contributed by atoms with Crippen molar-refractivity contribution in [1.29, 1.82) is 5.26 Å². The minimum absolute atomic E-state index is 0.569. The van der Waals surface area contributed by atoms with E-state index in [9.17, 15) is 4.21 Å². The van der Waals surface area contributed by atoms with Gasteiger partial charge in [0.15, 0.2) is 0 Å². The van der Waals surface area contributed by atoms with Crippen LogP contribution in [0.25, 0.3) is 11.4 Å². The van der Waals surface area contributed by atoms with E-state index in [-0.39, 0.29) is 0 Å². The number of nitrogens with zero attached hydrogens (tertiary/aromatic N) is 4. The summed E-state index contributed by atoms with van der Waals surface area (Å²) in [5.41, 5.74) is 4.47. The second-order valence-corrected chi connectivity index (χ2v) is 6.05. The van der Waals surface area contributed by atoms with Crippen LogP contribution in [0.15, 0.2) is 11.1 Å². The fourth-order valence-corrected chi connectivity index (χ4v) is 3.24. The molecule has 0 saturated heterocycles. The molecule has 1 unspecified atom stereocenters. The molecule has 0 aliphatic carbocycles. The van der Waals surface area contributed by atoms with Crippen molar-refractivity contribution in [2.24, 2.45) is 7.05 Å². The van der Waals surface area contributed by atoms with E-state index in [0.29, 0.717) is 16.3 Å². The van der Waals surface area contributed by atoms with E-state index >= 15 is 0 Å². The molecule has 5 nitrogen and oxygen atoms in total. The molecule has 2 rings (SSSR count). The molecule has 0 bridgehead atoms. The molecular weight excluding hydrogens is 272 g/mol. The van der Waals surface area contributed by atoms with Gasteiger partial charge in [0, 0.05) is 18.9 Å². The van der Waals surface area contributed by atoms with Crippen molar-refractivity contribution in [3.63, 3.8) is 0 Å². The summed E-state index contributed by atoms with van der Waals surface area (Å²) in [5, 5.41) is 14.2. The lowest BCUT2D eigenvalue weighted by molar-refractivity contribution is 0.654. The Morgan fingerprint density at radius 1 is 1.30 bits per heavy atom. The Bertz CT molecular complexity index is 756. The SMILES string of the molecule is Cc1cc(C#N)c(C)nc1-c1nn(C)c(S(C)=O)c1C. The highest BCUT2D eigenvalue weighted by Gasteiger charge is 2.19. The molecule has 6 heteroatoms. The normalized spacial score (nSPS) is 12.2. The Balaban J connectivity index is 2.71. The Morgan fingerprint density at radius 3 is 2.45 bits per heavy atom. The van der Waals surface area contributed by atoms with Crippen LogP contribution in [0.3, 0.4) is 0 Å². The molecule has 0 amide bonds. The molecule has 2 aromatic heterocycles. The predicted molar refractivity (Wildman–Crippen MR) is 77.7 cm³/mol. The molecule has 0 radical (unpaired) electrons. The average molecular weight is 288 g/mol. The number of aromatic nitrogens is 3. The van der Waals surface area contributed by atoms with Gasteiger partial charge < -0.3 is 0 Å². The predicted octanol–water partition coefficient (Wildman–Crippen LogP) is 2.02. The maximum atomic E-state index is 11.8. The summed E-state index contributed by atoms with van der Waals surface area (Å²) in [5.74, 6) is 0. The fourth-order valence-electron chi connectivity index (χ4n) is 2.30. The summed E-state index contributed by atoms with van der Waals surface area (Å²) in [6.07, 6.45) is 1.64. The quantitative estimate of drug-likeness (QED) is 0.847. The molecule has 0 fully saturated rings. The average Bonchev–Trinajstić information content (AvgIpc) is 2.67. The van der Waals surface area contributed by atoms with E-state index in [1.807, 2.05) is 19.9 Å². The third kappa shape index (κ3) is 2.25. The number of rotatable bonds is 2. The molecule has 0 N–H and O–H groups in total. The highest BCUT2D eigenvalue weighted by atomic mass is 32.2. The van der Waals surface area contributed by atoms with E-state index in [0.717, 1.165) is 22.5 Å². The lowest BCUT2D eigenvalue weighted by atomic mass is 10.1. The van der Waals surface area contributed by atoms with Gasteiger partial charge in [-0.3, -0.25) is 8.89 Å². The van der Waals surface area contributed by atoms with Gasteiger partial charge in [-0.15, -0.1) is 0 Å². The van der Waals surface area contributed by atoms with Gasteiger partial charge in [-0.1, -0.05) is 0 Å². The molecule has 2 heterocycles. The van der Waals surface area contributed by atoms with Gasteiger partial charge in [0.2, 0.25) is 0 Å². The van der Waals surface area contributed by atoms with Crippen LogP contribution < -0.4 is 0 Å². The summed E-state index contributed by atoms with van der Waals surface area (Å²) in [6, 6.07) is 3.94. The van der Waals surface area contributed by atoms with Crippen LogP contribution in [0.1, 0.15) is 22.4 Å². The number of nitriles is 1. The molecule has 0 saturated carbocycles. The second kappa shape index (κ2) is 5.17. The van der Waals surface area contributed by atoms with E-state index < -0.39 is 10.8 Å². The maximum Gasteiger partial charge on any atom is 0.128 e. The van der Waals surface area contributed by atoms with Crippen molar-refractivity contribution >= 4 is 10.8 Å². The Morgan fingerprint density at radius 2 is 1.95 bits per heavy atom. The van der Waals surface area contributed by atoms with Gasteiger partial charge in [0.05, 0.1) is 27.8 Å². The monoisotopic (exact) mass is 288 g/mol. The van der Waals surface area contributed by atoms with E-state index in [2.05, 4.69) is 16.2 Å². The zero-order valence-corrected chi connectivity index (χ0v) is 13.0. The minimum atomic E-state index is -1.10. The number of pyridine rings is 1. The number of aryl methyl sites for hydroxylation is 3. The second-order valence-electron chi connectivity index (χ2n) is 4.76. The third-order valence-corrected chi connectivity index (χ3v) is 4.36. The Hall–Kier alpha value is -2.00. The molecule has 0 spiro atoms. The Labute approximate surface area is 120 Å². The van der Waals surface area contributed by atoms with Gasteiger partial charge in [0.1, 0.15) is 16.8 Å². The summed E-state index contributed by atoms with van der Waals surface area (Å²) in [7, 11) is 0.674. The lowest BCUT2D eigenvalue weighted by Crippen LogP contribution is -2.00. The molecule has 0 aliphatic heterocycles. The standard InChI is InChI=1S/C14H16N4OS/c1-8-6-11(7-15)10(3)16-12(8)13-9(2)14(20(5)19)18(4)17-13/h6H,1-5H3. The zero-order valence-electron chi connectivity index (χ0n) is 12.2. The van der Waals surface area contributed by atoms with Gasteiger partial charge in [-0.2, -0.15) is 10.4 Å². The summed E-state index contributed by atoms with van der Waals surface area (Å²) in [6.45, 7) is 5.60. The summed E-state index contributed by atoms with van der Waals surface area (Å²) >= 11 is 0. The van der Waals surface area contributed by atoms with Crippen LogP contribution in [-0.2, 0) is 17.8 Å². The largest absolute Gasteiger partial charge is 0.259 e. The van der Waals surface area contributed by atoms with Crippen LogP contribution in [0.5, 0.6) is 0 Å². The van der Waals surface area contributed by atoms with Crippen molar-refractivity contribution in [3.8, 4) is 17.5 Å². The van der Waals surface area contributed by atoms with Gasteiger partial charge in [-0.25, -0.2) is 4.98 Å². The molecule has 2 aromatic rings. The first-order valence-corrected chi connectivity index (χ1v) is 7.68. The van der Waals surface area contributed by atoms with Crippen LogP contribution in [0, 0.1) is 32.1 Å². The van der Waals surface area contributed by atoms with Crippen LogP contribution in [0.2, 0.25) is 0 Å². The number of hydrogen-bond donors (Lipinski definition) is 0. The fraction of sp³-hybridized carbons (Fsp3) is 0.357. The van der Waals surface area contributed by atoms with E-state index in [1.54, 1.807) is 24.9 Å². The highest BCUT2D eigenvalue weighted by Crippen LogP contribution is 2.28. The van der Waals surface area contributed by atoms with Crippen molar-refractivity contribution in [2.75, 3.05) is 6.26 Å². The molecule has 20 heavy (non-hydrogen) atoms. The van der Waals surface area contributed by atoms with Crippen molar-refractivity contribution in [2.45, 2.75) is 25.8 Å². The third-order valence-electron chi connectivity index (χ3n) is 3.24. The topological polar surface area (TPSA) is 71.6 Å². The first-order chi connectivity index (χ1) is 9.36. The van der Waals surface area contributed by atoms with E-state index in [4.69, 9.17) is 5.26 Å². The van der Waals surface area contributed by atoms with Crippen LogP contribution in [-0.4, -0.2) is 25.2 Å². The van der Waals surface area contributed by atoms with E-state index in [1.165, 1.54) is 0 Å². The smallest absolute Gasteiger partial charge is 0.128 e. The van der Waals surface area contributed by atoms with Crippen LogP contribution in [0.4, 0.5) is 0 Å². The van der Waals surface area contributed by atoms with Crippen LogP contribution >= 0.6 is 0 Å². The van der Waals surface area contributed by atoms with Gasteiger partial charge in [0.25, 0.3) is 0 Å². The molecule has 0 aromatic carbocycles. The molecule has 0 aliphatic rings. The molecule has 1 atom stereocenters. The first-order valence-electron chi connectivity index (χ1n) is 6.12. The first kappa shape index (κ1) is 14.4. The maximum absolute atomic E-state index is 11.8. The van der Waals surface area contributed by atoms with Gasteiger partial charge in [-0.05, 0) is 32.4 Å². The Kier molecular flexibility index (Phi) is 3.73. The van der Waals surface area contributed by atoms with Gasteiger partial charge >= 0.3 is 0 Å². The van der Waals surface area contributed by atoms with Crippen molar-refractivity contribution in [3.05, 3.63) is 28.5 Å². The molecular formula is C14H16N4OS. The number of hydrogen-bond acceptors (Lipinski definition) is 4. The summed E-state index contributed by atoms with van der Waals surface area (Å²) in [4.78, 5) is 4.49. The minimum Gasteiger partial charge on any atom is -0.259 e. The highest BCUT2D eigenvalue weighted by molar-refractivity contribution is 7.84.